The maximum atomic E-state index is 5.21. The number of para-hydroxylation sites is 4. The van der Waals surface area contributed by atoms with Gasteiger partial charge in [-0.15, -0.1) is 0 Å². The lowest BCUT2D eigenvalue weighted by molar-refractivity contribution is 0.490. The average molecular weight is 1200 g/mol. The molecule has 4 aromatic heterocycles. The van der Waals surface area contributed by atoms with E-state index in [1.807, 2.05) is 0 Å². The Morgan fingerprint density at radius 1 is 0.280 bits per heavy atom. The molecule has 93 heavy (non-hydrogen) atoms. The second-order valence-electron chi connectivity index (χ2n) is 26.5. The number of anilines is 6. The van der Waals surface area contributed by atoms with Gasteiger partial charge >= 0.3 is 0 Å². The maximum Gasteiger partial charge on any atom is 0.139 e. The summed E-state index contributed by atoms with van der Waals surface area (Å²) in [6.45, 7) is 14.2. The molecule has 6 heteroatoms. The zero-order valence-electron chi connectivity index (χ0n) is 53.2. The van der Waals surface area contributed by atoms with E-state index in [1.54, 1.807) is 0 Å². The normalized spacial score (nSPS) is 14.4. The smallest absolute Gasteiger partial charge is 0.139 e. The van der Waals surface area contributed by atoms with Crippen molar-refractivity contribution in [2.75, 3.05) is 9.80 Å². The van der Waals surface area contributed by atoms with Gasteiger partial charge in [0.15, 0.2) is 0 Å². The monoisotopic (exact) mass is 1200 g/mol. The zero-order chi connectivity index (χ0) is 62.7. The Hall–Kier alpha value is -11.1. The first-order valence-electron chi connectivity index (χ1n) is 32.7. The van der Waals surface area contributed by atoms with Crippen molar-refractivity contribution in [1.29, 1.82) is 0 Å². The summed E-state index contributed by atoms with van der Waals surface area (Å²) in [5.74, 6) is 3.31. The molecule has 0 bridgehead atoms. The SMILES string of the molecule is CCC1(CC)c2cc(C=Cc3ccc4c(c3)C(C)(C)c3cc(N(c5ccc6ccccc6n5)c5ccc6ccccc6n5)ccc3-4)ccc2-c2ccc(C=Cc3ccc4c(c3)C(C)(C)c3cc(N(c5ccc6ccccc6n5)c5ccc6ccccc6n5)ccc3-4)cc21. The topological polar surface area (TPSA) is 58.0 Å². The summed E-state index contributed by atoms with van der Waals surface area (Å²) < 4.78 is 0. The Kier molecular flexibility index (Phi) is 13.0. The molecule has 446 valence electrons. The minimum absolute atomic E-state index is 0.0998. The number of hydrogen-bond donors (Lipinski definition) is 0. The molecule has 3 aliphatic carbocycles. The van der Waals surface area contributed by atoms with Crippen LogP contribution in [0.1, 0.15) is 110 Å². The van der Waals surface area contributed by atoms with E-state index in [2.05, 4.69) is 330 Å². The maximum absolute atomic E-state index is 5.21. The Morgan fingerprint density at radius 2 is 0.538 bits per heavy atom. The highest BCUT2D eigenvalue weighted by atomic mass is 15.2. The fourth-order valence-corrected chi connectivity index (χ4v) is 15.6. The number of hydrogen-bond acceptors (Lipinski definition) is 6. The van der Waals surface area contributed by atoms with Crippen LogP contribution in [0.25, 0.3) is 101 Å². The van der Waals surface area contributed by atoms with Crippen LogP contribution in [0.2, 0.25) is 0 Å². The largest absolute Gasteiger partial charge is 0.279 e. The van der Waals surface area contributed by atoms with Gasteiger partial charge in [-0.05, 0) is 199 Å². The first-order valence-corrected chi connectivity index (χ1v) is 32.7. The molecule has 3 aliphatic rings. The molecule has 0 unspecified atom stereocenters. The van der Waals surface area contributed by atoms with Gasteiger partial charge in [0.1, 0.15) is 23.3 Å². The quantitative estimate of drug-likeness (QED) is 0.114. The molecule has 0 saturated carbocycles. The number of nitrogens with zero attached hydrogens (tertiary/aromatic N) is 6. The summed E-state index contributed by atoms with van der Waals surface area (Å²) in [4.78, 5) is 25.3. The van der Waals surface area contributed by atoms with Crippen LogP contribution >= 0.6 is 0 Å². The first kappa shape index (κ1) is 55.9. The Morgan fingerprint density at radius 3 is 0.839 bits per heavy atom. The minimum atomic E-state index is -0.255. The highest BCUT2D eigenvalue weighted by Gasteiger charge is 2.42. The lowest BCUT2D eigenvalue weighted by Gasteiger charge is -2.30. The summed E-state index contributed by atoms with van der Waals surface area (Å²) >= 11 is 0. The van der Waals surface area contributed by atoms with E-state index >= 15 is 0 Å². The highest BCUT2D eigenvalue weighted by Crippen LogP contribution is 2.55. The third-order valence-corrected chi connectivity index (χ3v) is 20.7. The van der Waals surface area contributed by atoms with Crippen LogP contribution in [0.4, 0.5) is 34.6 Å². The highest BCUT2D eigenvalue weighted by molar-refractivity contribution is 5.93. The van der Waals surface area contributed by atoms with Crippen molar-refractivity contribution in [3.05, 3.63) is 310 Å². The van der Waals surface area contributed by atoms with Crippen LogP contribution in [0.3, 0.4) is 0 Å². The summed E-state index contributed by atoms with van der Waals surface area (Å²) in [5.41, 5.74) is 25.9. The minimum Gasteiger partial charge on any atom is -0.279 e. The van der Waals surface area contributed by atoms with E-state index in [0.717, 1.165) is 91.1 Å². The van der Waals surface area contributed by atoms with Gasteiger partial charge in [0.25, 0.3) is 0 Å². The molecule has 0 spiro atoms. The van der Waals surface area contributed by atoms with Gasteiger partial charge in [0.2, 0.25) is 0 Å². The van der Waals surface area contributed by atoms with Crippen LogP contribution in [0.15, 0.2) is 255 Å². The van der Waals surface area contributed by atoms with Crippen LogP contribution in [0, 0.1) is 0 Å². The van der Waals surface area contributed by atoms with Gasteiger partial charge in [-0.1, -0.05) is 224 Å². The number of rotatable bonds is 12. The third-order valence-electron chi connectivity index (χ3n) is 20.7. The van der Waals surface area contributed by atoms with E-state index in [0.29, 0.717) is 0 Å². The lowest BCUT2D eigenvalue weighted by Crippen LogP contribution is -2.23. The number of fused-ring (bicyclic) bond motifs is 13. The summed E-state index contributed by atoms with van der Waals surface area (Å²) in [7, 11) is 0. The molecular weight excluding hydrogens is 1130 g/mol. The predicted molar refractivity (Wildman–Crippen MR) is 390 cm³/mol. The van der Waals surface area contributed by atoms with Gasteiger partial charge in [-0.2, -0.15) is 0 Å². The molecule has 0 saturated heterocycles. The van der Waals surface area contributed by atoms with Crippen molar-refractivity contribution < 1.29 is 0 Å². The number of pyridine rings is 4. The number of benzene rings is 10. The van der Waals surface area contributed by atoms with E-state index in [9.17, 15) is 0 Å². The van der Waals surface area contributed by atoms with Crippen LogP contribution in [-0.4, -0.2) is 19.9 Å². The van der Waals surface area contributed by atoms with Crippen LogP contribution in [-0.2, 0) is 16.2 Å². The molecule has 0 atom stereocenters. The van der Waals surface area contributed by atoms with Gasteiger partial charge in [-0.3, -0.25) is 9.80 Å². The Balaban J connectivity index is 0.631. The van der Waals surface area contributed by atoms with Gasteiger partial charge in [-0.25, -0.2) is 19.9 Å². The third kappa shape index (κ3) is 9.13. The van der Waals surface area contributed by atoms with Crippen molar-refractivity contribution >= 4 is 103 Å². The standard InChI is InChI=1S/C87H68N6/c1-7-87(8-2)75-51-57(27-25-55-29-39-65-67-43-37-63(53-73(67)85(3,4)71(65)49-55)92(81-45-33-59-17-9-13-21-77(59)88-81)82-46-34-60-18-10-14-22-78(60)89-82)31-41-69(75)70-42-32-58(52-76(70)87)28-26-56-30-40-66-68-44-38-64(54-74(68)86(5,6)72(66)50-56)93(83-47-35-61-19-11-15-23-79(61)90-83)84-48-36-62-20-12-16-24-80(62)91-84/h9-54H,7-8H2,1-6H3. The molecule has 0 aliphatic heterocycles. The molecule has 0 N–H and O–H groups in total. The van der Waals surface area contributed by atoms with E-state index < -0.39 is 0 Å². The van der Waals surface area contributed by atoms with E-state index in [4.69, 9.17) is 19.9 Å². The fraction of sp³-hybridized carbons (Fsp3) is 0.126. The summed E-state index contributed by atoms with van der Waals surface area (Å²) in [6, 6.07) is 92.4. The zero-order valence-corrected chi connectivity index (χ0v) is 53.2. The van der Waals surface area contributed by atoms with Gasteiger partial charge < -0.3 is 0 Å². The summed E-state index contributed by atoms with van der Waals surface area (Å²) in [6.07, 6.45) is 11.2. The number of aromatic nitrogens is 4. The van der Waals surface area contributed by atoms with Gasteiger partial charge in [0, 0.05) is 49.2 Å². The van der Waals surface area contributed by atoms with Crippen molar-refractivity contribution in [2.24, 2.45) is 0 Å². The molecule has 14 aromatic rings. The molecule has 0 amide bonds. The molecule has 0 radical (unpaired) electrons. The van der Waals surface area contributed by atoms with Crippen LogP contribution < -0.4 is 9.80 Å². The average Bonchev–Trinajstić information content (AvgIpc) is 1.60. The molecular formula is C87H68N6. The second kappa shape index (κ2) is 21.5. The first-order chi connectivity index (χ1) is 45.4. The predicted octanol–water partition coefficient (Wildman–Crippen LogP) is 22.9. The van der Waals surface area contributed by atoms with Crippen molar-refractivity contribution in [1.82, 2.24) is 19.9 Å². The van der Waals surface area contributed by atoms with Crippen LogP contribution in [0.5, 0.6) is 0 Å². The van der Waals surface area contributed by atoms with Crippen molar-refractivity contribution in [3.8, 4) is 33.4 Å². The fourth-order valence-electron chi connectivity index (χ4n) is 15.6. The molecule has 10 aromatic carbocycles. The lowest BCUT2D eigenvalue weighted by atomic mass is 9.73. The van der Waals surface area contributed by atoms with E-state index in [-0.39, 0.29) is 16.2 Å². The van der Waals surface area contributed by atoms with Crippen molar-refractivity contribution in [3.63, 3.8) is 0 Å². The molecule has 17 rings (SSSR count). The Labute approximate surface area is 543 Å². The van der Waals surface area contributed by atoms with E-state index in [1.165, 1.54) is 89.0 Å². The Bertz CT molecular complexity index is 4980. The summed E-state index contributed by atoms with van der Waals surface area (Å²) in [5, 5.41) is 4.42. The second-order valence-corrected chi connectivity index (χ2v) is 26.5. The van der Waals surface area contributed by atoms with Gasteiger partial charge in [0.05, 0.1) is 22.1 Å². The van der Waals surface area contributed by atoms with Crippen molar-refractivity contribution in [2.45, 2.75) is 70.6 Å². The molecule has 0 fully saturated rings. The molecule has 6 nitrogen and oxygen atoms in total. The molecule has 4 heterocycles.